The number of hydrogen-bond donors (Lipinski definition) is 1. The summed E-state index contributed by atoms with van der Waals surface area (Å²) in [6.45, 7) is 0. The van der Waals surface area contributed by atoms with Crippen LogP contribution in [0.1, 0.15) is 31.4 Å². The highest BCUT2D eigenvalue weighted by Crippen LogP contribution is 2.25. The van der Waals surface area contributed by atoms with Crippen LogP contribution in [0.3, 0.4) is 0 Å². The van der Waals surface area contributed by atoms with Gasteiger partial charge < -0.3 is 5.73 Å². The van der Waals surface area contributed by atoms with Crippen molar-refractivity contribution in [3.8, 4) is 0 Å². The highest BCUT2D eigenvalue weighted by molar-refractivity contribution is 5.63. The molecule has 0 unspecified atom stereocenters. The van der Waals surface area contributed by atoms with Gasteiger partial charge in [0.1, 0.15) is 0 Å². The van der Waals surface area contributed by atoms with Crippen molar-refractivity contribution in [2.24, 2.45) is 0 Å². The predicted octanol–water partition coefficient (Wildman–Crippen LogP) is 2.62. The Morgan fingerprint density at radius 1 is 1.23 bits per heavy atom. The fourth-order valence-corrected chi connectivity index (χ4v) is 1.67. The topological polar surface area (TPSA) is 38.9 Å². The Morgan fingerprint density at radius 3 is 2.77 bits per heavy atom. The SMILES string of the molecule is Nc1ccc(C2=CCCCC2)nc1. The van der Waals surface area contributed by atoms with Crippen molar-refractivity contribution >= 4 is 11.3 Å². The minimum absolute atomic E-state index is 0.736. The van der Waals surface area contributed by atoms with E-state index in [-0.39, 0.29) is 0 Å². The van der Waals surface area contributed by atoms with Crippen molar-refractivity contribution in [2.75, 3.05) is 5.73 Å². The van der Waals surface area contributed by atoms with Crippen LogP contribution in [-0.2, 0) is 0 Å². The standard InChI is InChI=1S/C11H14N2/c12-10-6-7-11(13-8-10)9-4-2-1-3-5-9/h4,6-8H,1-3,5,12H2. The summed E-state index contributed by atoms with van der Waals surface area (Å²) in [5.74, 6) is 0. The summed E-state index contributed by atoms with van der Waals surface area (Å²) in [7, 11) is 0. The van der Waals surface area contributed by atoms with Gasteiger partial charge in [0.25, 0.3) is 0 Å². The minimum Gasteiger partial charge on any atom is -0.397 e. The van der Waals surface area contributed by atoms with Gasteiger partial charge in [-0.3, -0.25) is 4.98 Å². The highest BCUT2D eigenvalue weighted by Gasteiger charge is 2.06. The number of rotatable bonds is 1. The molecule has 0 amide bonds. The first-order valence-corrected chi connectivity index (χ1v) is 4.77. The summed E-state index contributed by atoms with van der Waals surface area (Å²) in [6.07, 6.45) is 8.99. The average Bonchev–Trinajstić information content (AvgIpc) is 2.20. The lowest BCUT2D eigenvalue weighted by molar-refractivity contribution is 0.740. The van der Waals surface area contributed by atoms with Gasteiger partial charge in [-0.2, -0.15) is 0 Å². The van der Waals surface area contributed by atoms with Gasteiger partial charge in [-0.05, 0) is 43.4 Å². The average molecular weight is 174 g/mol. The van der Waals surface area contributed by atoms with E-state index in [1.807, 2.05) is 12.1 Å². The number of nitrogens with two attached hydrogens (primary N) is 1. The zero-order valence-electron chi connectivity index (χ0n) is 7.66. The molecule has 0 atom stereocenters. The van der Waals surface area contributed by atoms with Gasteiger partial charge in [-0.1, -0.05) is 6.08 Å². The number of nitrogens with zero attached hydrogens (tertiary/aromatic N) is 1. The lowest BCUT2D eigenvalue weighted by atomic mass is 9.97. The van der Waals surface area contributed by atoms with Crippen molar-refractivity contribution in [3.63, 3.8) is 0 Å². The van der Waals surface area contributed by atoms with Gasteiger partial charge in [0, 0.05) is 0 Å². The van der Waals surface area contributed by atoms with Crippen LogP contribution < -0.4 is 5.73 Å². The Kier molecular flexibility index (Phi) is 2.30. The zero-order chi connectivity index (χ0) is 9.10. The number of aromatic nitrogens is 1. The van der Waals surface area contributed by atoms with Crippen LogP contribution in [0.15, 0.2) is 24.4 Å². The molecule has 0 aromatic carbocycles. The Bertz CT molecular complexity index is 311. The van der Waals surface area contributed by atoms with Crippen molar-refractivity contribution in [1.82, 2.24) is 4.98 Å². The molecule has 1 aliphatic carbocycles. The summed E-state index contributed by atoms with van der Waals surface area (Å²) in [4.78, 5) is 4.31. The molecule has 1 aliphatic rings. The molecule has 2 rings (SSSR count). The molecule has 0 spiro atoms. The molecule has 1 heterocycles. The number of anilines is 1. The zero-order valence-corrected chi connectivity index (χ0v) is 7.66. The van der Waals surface area contributed by atoms with Crippen molar-refractivity contribution in [1.29, 1.82) is 0 Å². The van der Waals surface area contributed by atoms with Crippen LogP contribution in [0.4, 0.5) is 5.69 Å². The number of pyridine rings is 1. The molecule has 1 aromatic rings. The fourth-order valence-electron chi connectivity index (χ4n) is 1.67. The molecular weight excluding hydrogens is 160 g/mol. The lowest BCUT2D eigenvalue weighted by Gasteiger charge is -2.11. The second-order valence-corrected chi connectivity index (χ2v) is 3.45. The molecule has 2 N–H and O–H groups in total. The molecule has 0 bridgehead atoms. The lowest BCUT2D eigenvalue weighted by Crippen LogP contribution is -1.95. The van der Waals surface area contributed by atoms with Gasteiger partial charge in [-0.15, -0.1) is 0 Å². The van der Waals surface area contributed by atoms with Gasteiger partial charge in [-0.25, -0.2) is 0 Å². The van der Waals surface area contributed by atoms with Crippen LogP contribution in [0.2, 0.25) is 0 Å². The molecule has 1 aromatic heterocycles. The van der Waals surface area contributed by atoms with E-state index >= 15 is 0 Å². The van der Waals surface area contributed by atoms with Crippen LogP contribution in [-0.4, -0.2) is 4.98 Å². The fraction of sp³-hybridized carbons (Fsp3) is 0.364. The first-order chi connectivity index (χ1) is 6.36. The summed E-state index contributed by atoms with van der Waals surface area (Å²) in [5.41, 5.74) is 8.78. The Labute approximate surface area is 78.5 Å². The third kappa shape index (κ3) is 1.89. The first-order valence-electron chi connectivity index (χ1n) is 4.77. The Hall–Kier alpha value is -1.31. The second kappa shape index (κ2) is 3.60. The maximum atomic E-state index is 5.57. The molecule has 0 saturated carbocycles. The van der Waals surface area contributed by atoms with Crippen molar-refractivity contribution < 1.29 is 0 Å². The van der Waals surface area contributed by atoms with E-state index in [1.54, 1.807) is 6.20 Å². The quantitative estimate of drug-likeness (QED) is 0.710. The highest BCUT2D eigenvalue weighted by atomic mass is 14.7. The van der Waals surface area contributed by atoms with E-state index < -0.39 is 0 Å². The van der Waals surface area contributed by atoms with Crippen LogP contribution in [0.5, 0.6) is 0 Å². The predicted molar refractivity (Wildman–Crippen MR) is 55.1 cm³/mol. The van der Waals surface area contributed by atoms with E-state index in [0.717, 1.165) is 17.8 Å². The van der Waals surface area contributed by atoms with Crippen molar-refractivity contribution in [2.45, 2.75) is 25.7 Å². The van der Waals surface area contributed by atoms with E-state index in [9.17, 15) is 0 Å². The van der Waals surface area contributed by atoms with Gasteiger partial charge in [0.2, 0.25) is 0 Å². The Morgan fingerprint density at radius 2 is 2.15 bits per heavy atom. The van der Waals surface area contributed by atoms with Crippen LogP contribution in [0, 0.1) is 0 Å². The Balaban J connectivity index is 2.24. The largest absolute Gasteiger partial charge is 0.397 e. The van der Waals surface area contributed by atoms with Crippen LogP contribution in [0.25, 0.3) is 5.57 Å². The number of nitrogen functional groups attached to an aromatic ring is 1. The molecule has 2 nitrogen and oxygen atoms in total. The molecule has 2 heteroatoms. The second-order valence-electron chi connectivity index (χ2n) is 3.45. The third-order valence-corrected chi connectivity index (χ3v) is 2.41. The maximum Gasteiger partial charge on any atom is 0.0660 e. The van der Waals surface area contributed by atoms with E-state index in [0.29, 0.717) is 0 Å². The molecule has 0 radical (unpaired) electrons. The molecule has 13 heavy (non-hydrogen) atoms. The maximum absolute atomic E-state index is 5.57. The normalized spacial score (nSPS) is 16.8. The summed E-state index contributed by atoms with van der Waals surface area (Å²) in [6, 6.07) is 3.92. The van der Waals surface area contributed by atoms with E-state index in [2.05, 4.69) is 11.1 Å². The first kappa shape index (κ1) is 8.30. The summed E-state index contributed by atoms with van der Waals surface area (Å²) >= 11 is 0. The minimum atomic E-state index is 0.736. The van der Waals surface area contributed by atoms with E-state index in [4.69, 9.17) is 5.73 Å². The molecule has 68 valence electrons. The number of hydrogen-bond acceptors (Lipinski definition) is 2. The molecule has 0 saturated heterocycles. The summed E-state index contributed by atoms with van der Waals surface area (Å²) in [5, 5.41) is 0. The third-order valence-electron chi connectivity index (χ3n) is 2.41. The summed E-state index contributed by atoms with van der Waals surface area (Å²) < 4.78 is 0. The van der Waals surface area contributed by atoms with Crippen LogP contribution >= 0.6 is 0 Å². The van der Waals surface area contributed by atoms with Gasteiger partial charge >= 0.3 is 0 Å². The molecular formula is C11H14N2. The monoisotopic (exact) mass is 174 g/mol. The van der Waals surface area contributed by atoms with E-state index in [1.165, 1.54) is 24.8 Å². The number of allylic oxidation sites excluding steroid dienone is 2. The van der Waals surface area contributed by atoms with Gasteiger partial charge in [0.05, 0.1) is 17.6 Å². The van der Waals surface area contributed by atoms with Gasteiger partial charge in [0.15, 0.2) is 0 Å². The smallest absolute Gasteiger partial charge is 0.0660 e. The molecule has 0 aliphatic heterocycles. The van der Waals surface area contributed by atoms with Crippen molar-refractivity contribution in [3.05, 3.63) is 30.1 Å². The molecule has 0 fully saturated rings.